The molecule has 1 aliphatic rings. The van der Waals surface area contributed by atoms with Crippen molar-refractivity contribution in [1.82, 2.24) is 4.72 Å². The van der Waals surface area contributed by atoms with Crippen LogP contribution in [-0.4, -0.2) is 47.5 Å². The molecule has 0 saturated carbocycles. The number of nitrogens with one attached hydrogen (secondary N) is 1. The lowest BCUT2D eigenvalue weighted by molar-refractivity contribution is 0.00578. The number of primary sulfonamides is 1. The Labute approximate surface area is 149 Å². The van der Waals surface area contributed by atoms with Crippen LogP contribution in [0.3, 0.4) is 0 Å². The Kier molecular flexibility index (Phi) is 5.40. The summed E-state index contributed by atoms with van der Waals surface area (Å²) in [6.07, 6.45) is 0. The van der Waals surface area contributed by atoms with E-state index in [9.17, 15) is 16.8 Å². The van der Waals surface area contributed by atoms with Crippen molar-refractivity contribution in [1.29, 1.82) is 0 Å². The third kappa shape index (κ3) is 4.80. The smallest absolute Gasteiger partial charge is 0.399 e. The van der Waals surface area contributed by atoms with Crippen LogP contribution in [0.5, 0.6) is 0 Å². The van der Waals surface area contributed by atoms with Crippen molar-refractivity contribution in [2.45, 2.75) is 43.8 Å². The van der Waals surface area contributed by atoms with Gasteiger partial charge in [0.1, 0.15) is 0 Å². The highest BCUT2D eigenvalue weighted by Crippen LogP contribution is 2.36. The average Bonchev–Trinajstić information content (AvgIpc) is 2.66. The molecule has 0 radical (unpaired) electrons. The zero-order valence-electron chi connectivity index (χ0n) is 14.6. The minimum Gasteiger partial charge on any atom is -0.399 e. The lowest BCUT2D eigenvalue weighted by atomic mass is 9.79. The second-order valence-corrected chi connectivity index (χ2v) is 10.4. The van der Waals surface area contributed by atoms with Gasteiger partial charge in [-0.05, 0) is 45.3 Å². The zero-order chi connectivity index (χ0) is 19.1. The van der Waals surface area contributed by atoms with E-state index in [-0.39, 0.29) is 11.4 Å². The van der Waals surface area contributed by atoms with E-state index in [0.717, 1.165) is 0 Å². The lowest BCUT2D eigenvalue weighted by Gasteiger charge is -2.32. The largest absolute Gasteiger partial charge is 0.494 e. The molecule has 0 spiro atoms. The van der Waals surface area contributed by atoms with E-state index in [0.29, 0.717) is 5.46 Å². The number of nitrogens with two attached hydrogens (primary N) is 1. The van der Waals surface area contributed by atoms with Gasteiger partial charge in [-0.2, -0.15) is 0 Å². The molecule has 1 saturated heterocycles. The van der Waals surface area contributed by atoms with Crippen molar-refractivity contribution < 1.29 is 26.1 Å². The van der Waals surface area contributed by atoms with E-state index in [4.69, 9.17) is 14.4 Å². The molecule has 1 heterocycles. The van der Waals surface area contributed by atoms with E-state index in [1.807, 2.05) is 27.7 Å². The van der Waals surface area contributed by atoms with Crippen LogP contribution in [0.15, 0.2) is 29.2 Å². The third-order valence-electron chi connectivity index (χ3n) is 4.39. The van der Waals surface area contributed by atoms with E-state index < -0.39 is 44.1 Å². The van der Waals surface area contributed by atoms with Gasteiger partial charge in [0.15, 0.2) is 0 Å². The van der Waals surface area contributed by atoms with Crippen molar-refractivity contribution in [3.63, 3.8) is 0 Å². The van der Waals surface area contributed by atoms with Gasteiger partial charge in [-0.15, -0.1) is 0 Å². The van der Waals surface area contributed by atoms with E-state index in [1.165, 1.54) is 12.1 Å². The summed E-state index contributed by atoms with van der Waals surface area (Å²) in [7, 11) is -8.14. The molecular formula is C14H23BN2O6S2. The molecule has 0 unspecified atom stereocenters. The fraction of sp³-hybridized carbons (Fsp3) is 0.571. The van der Waals surface area contributed by atoms with Crippen LogP contribution in [0.4, 0.5) is 0 Å². The van der Waals surface area contributed by atoms with Crippen LogP contribution in [-0.2, 0) is 29.4 Å². The number of sulfonamides is 2. The van der Waals surface area contributed by atoms with Crippen molar-refractivity contribution >= 4 is 32.6 Å². The minimum absolute atomic E-state index is 0.0159. The predicted octanol–water partition coefficient (Wildman–Crippen LogP) is -0.447. The molecule has 0 aliphatic carbocycles. The molecule has 0 atom stereocenters. The topological polar surface area (TPSA) is 125 Å². The first-order chi connectivity index (χ1) is 11.2. The van der Waals surface area contributed by atoms with Gasteiger partial charge >= 0.3 is 7.12 Å². The average molecular weight is 390 g/mol. The molecule has 0 bridgehead atoms. The van der Waals surface area contributed by atoms with Crippen LogP contribution >= 0.6 is 0 Å². The van der Waals surface area contributed by atoms with Crippen molar-refractivity contribution in [2.24, 2.45) is 5.14 Å². The Morgan fingerprint density at radius 3 is 1.92 bits per heavy atom. The van der Waals surface area contributed by atoms with Crippen LogP contribution in [0.1, 0.15) is 27.7 Å². The van der Waals surface area contributed by atoms with Gasteiger partial charge in [-0.1, -0.05) is 12.1 Å². The summed E-state index contributed by atoms with van der Waals surface area (Å²) in [6, 6.07) is 6.05. The molecule has 3 N–H and O–H groups in total. The monoisotopic (exact) mass is 390 g/mol. The van der Waals surface area contributed by atoms with Crippen molar-refractivity contribution in [2.75, 3.05) is 12.3 Å². The molecule has 25 heavy (non-hydrogen) atoms. The molecule has 1 aliphatic heterocycles. The molecule has 1 fully saturated rings. The van der Waals surface area contributed by atoms with Crippen molar-refractivity contribution in [3.8, 4) is 0 Å². The Hall–Kier alpha value is -0.975. The molecule has 2 rings (SSSR count). The van der Waals surface area contributed by atoms with Crippen LogP contribution in [0, 0.1) is 0 Å². The quantitative estimate of drug-likeness (QED) is 0.634. The van der Waals surface area contributed by atoms with Gasteiger partial charge in [-0.25, -0.2) is 26.7 Å². The Morgan fingerprint density at radius 1 is 1.00 bits per heavy atom. The fourth-order valence-corrected chi connectivity index (χ4v) is 3.73. The number of benzene rings is 1. The van der Waals surface area contributed by atoms with Gasteiger partial charge in [0.25, 0.3) is 0 Å². The summed E-state index contributed by atoms with van der Waals surface area (Å²) in [5, 5.41) is 4.85. The molecule has 1 aromatic carbocycles. The second kappa shape index (κ2) is 6.64. The standard InChI is InChI=1S/C14H23BN2O6S2/c1-13(2)14(3,4)23-15(22-13)11-5-7-12(8-6-11)25(20,21)17-9-10-24(16,18)19/h5-8,17H,9-10H2,1-4H3,(H2,16,18,19). The van der Waals surface area contributed by atoms with Gasteiger partial charge < -0.3 is 9.31 Å². The summed E-state index contributed by atoms with van der Waals surface area (Å²) in [5.41, 5.74) is -0.280. The molecule has 11 heteroatoms. The Balaban J connectivity index is 2.10. The predicted molar refractivity (Wildman–Crippen MR) is 95.3 cm³/mol. The molecule has 0 aromatic heterocycles. The third-order valence-corrected chi connectivity index (χ3v) is 6.64. The maximum Gasteiger partial charge on any atom is 0.494 e. The fourth-order valence-electron chi connectivity index (χ4n) is 2.18. The van der Waals surface area contributed by atoms with Gasteiger partial charge in [0, 0.05) is 6.54 Å². The highest BCUT2D eigenvalue weighted by Gasteiger charge is 2.51. The zero-order valence-corrected chi connectivity index (χ0v) is 16.3. The normalized spacial score (nSPS) is 20.0. The Morgan fingerprint density at radius 2 is 1.48 bits per heavy atom. The summed E-state index contributed by atoms with van der Waals surface area (Å²) < 4.78 is 60.0. The maximum atomic E-state index is 12.1. The Bertz CT molecular complexity index is 819. The van der Waals surface area contributed by atoms with E-state index in [2.05, 4.69) is 4.72 Å². The molecule has 1 aromatic rings. The van der Waals surface area contributed by atoms with Crippen molar-refractivity contribution in [3.05, 3.63) is 24.3 Å². The number of hydrogen-bond acceptors (Lipinski definition) is 6. The molecule has 8 nitrogen and oxygen atoms in total. The van der Waals surface area contributed by atoms with Gasteiger partial charge in [0.05, 0.1) is 21.9 Å². The summed E-state index contributed by atoms with van der Waals surface area (Å²) in [6.45, 7) is 7.44. The lowest BCUT2D eigenvalue weighted by Crippen LogP contribution is -2.41. The second-order valence-electron chi connectivity index (χ2n) is 6.92. The SMILES string of the molecule is CC1(C)OB(c2ccc(S(=O)(=O)NCCS(N)(=O)=O)cc2)OC1(C)C. The molecule has 0 amide bonds. The first-order valence-corrected chi connectivity index (χ1v) is 10.9. The van der Waals surface area contributed by atoms with Gasteiger partial charge in [-0.3, -0.25) is 0 Å². The maximum absolute atomic E-state index is 12.1. The van der Waals surface area contributed by atoms with Crippen LogP contribution < -0.4 is 15.3 Å². The summed E-state index contributed by atoms with van der Waals surface area (Å²) in [5.74, 6) is -0.474. The number of rotatable bonds is 6. The highest BCUT2D eigenvalue weighted by atomic mass is 32.2. The van der Waals surface area contributed by atoms with Crippen LogP contribution in [0.2, 0.25) is 0 Å². The first kappa shape index (κ1) is 20.3. The first-order valence-electron chi connectivity index (χ1n) is 7.69. The molecular weight excluding hydrogens is 367 g/mol. The molecule has 140 valence electrons. The number of hydrogen-bond donors (Lipinski definition) is 2. The van der Waals surface area contributed by atoms with Gasteiger partial charge in [0.2, 0.25) is 20.0 Å². The minimum atomic E-state index is -3.82. The van der Waals surface area contributed by atoms with Crippen LogP contribution in [0.25, 0.3) is 0 Å². The van der Waals surface area contributed by atoms with E-state index in [1.54, 1.807) is 12.1 Å². The summed E-state index contributed by atoms with van der Waals surface area (Å²) >= 11 is 0. The highest BCUT2D eigenvalue weighted by molar-refractivity contribution is 7.90. The van der Waals surface area contributed by atoms with E-state index >= 15 is 0 Å². The summed E-state index contributed by atoms with van der Waals surface area (Å²) in [4.78, 5) is 0.0159.